The third kappa shape index (κ3) is 3.65. The van der Waals surface area contributed by atoms with E-state index in [0.717, 1.165) is 35.2 Å². The molecule has 2 atom stereocenters. The number of carboxylic acid groups (broad SMARTS) is 1. The van der Waals surface area contributed by atoms with Crippen molar-refractivity contribution >= 4 is 5.97 Å². The quantitative estimate of drug-likeness (QED) is 0.835. The number of aliphatic carboxylic acids is 1. The summed E-state index contributed by atoms with van der Waals surface area (Å²) in [4.78, 5) is 14.0. The Morgan fingerprint density at radius 3 is 2.59 bits per heavy atom. The Labute approximate surface area is 160 Å². The second-order valence-electron chi connectivity index (χ2n) is 7.08. The second kappa shape index (κ2) is 8.01. The number of likely N-dealkylation sites (tertiary alicyclic amines) is 1. The zero-order chi connectivity index (χ0) is 19.6. The van der Waals surface area contributed by atoms with E-state index in [4.69, 9.17) is 9.47 Å². The van der Waals surface area contributed by atoms with Crippen LogP contribution < -0.4 is 9.47 Å². The van der Waals surface area contributed by atoms with Gasteiger partial charge in [0.05, 0.1) is 20.3 Å². The van der Waals surface area contributed by atoms with Crippen LogP contribution in [0.5, 0.6) is 11.5 Å². The number of hydrogen-bond acceptors (Lipinski definition) is 4. The number of hydrogen-bond donors (Lipinski definition) is 1. The minimum absolute atomic E-state index is 0.210. The van der Waals surface area contributed by atoms with Crippen LogP contribution in [0.1, 0.15) is 41.1 Å². The third-order valence-corrected chi connectivity index (χ3v) is 5.37. The molecule has 0 aliphatic carbocycles. The monoisotopic (exact) mass is 369 g/mol. The lowest BCUT2D eigenvalue weighted by atomic mass is 9.91. The first kappa shape index (κ1) is 19.2. The first-order valence-corrected chi connectivity index (χ1v) is 9.24. The Morgan fingerprint density at radius 1 is 1.15 bits per heavy atom. The van der Waals surface area contributed by atoms with E-state index in [0.29, 0.717) is 17.9 Å². The molecule has 1 heterocycles. The number of para-hydroxylation sites is 1. The molecule has 1 fully saturated rings. The number of rotatable bonds is 6. The highest BCUT2D eigenvalue weighted by Crippen LogP contribution is 2.43. The molecule has 144 valence electrons. The van der Waals surface area contributed by atoms with E-state index in [-0.39, 0.29) is 6.04 Å². The fraction of sp³-hybridized carbons (Fsp3) is 0.409. The molecule has 2 unspecified atom stereocenters. The summed E-state index contributed by atoms with van der Waals surface area (Å²) in [6.45, 7) is 4.86. The Bertz CT molecular complexity index is 833. The summed E-state index contributed by atoms with van der Waals surface area (Å²) in [5, 5.41) is 9.78. The fourth-order valence-corrected chi connectivity index (χ4v) is 4.07. The molecular weight excluding hydrogens is 342 g/mol. The number of methoxy groups -OCH3 is 2. The minimum atomic E-state index is -0.773. The summed E-state index contributed by atoms with van der Waals surface area (Å²) >= 11 is 0. The maximum Gasteiger partial charge on any atom is 0.320 e. The molecule has 0 saturated carbocycles. The van der Waals surface area contributed by atoms with Gasteiger partial charge in [0.1, 0.15) is 6.04 Å². The number of ether oxygens (including phenoxy) is 2. The Kier molecular flexibility index (Phi) is 5.71. The van der Waals surface area contributed by atoms with Gasteiger partial charge in [0.15, 0.2) is 11.5 Å². The first-order valence-electron chi connectivity index (χ1n) is 9.24. The standard InChI is InChI=1S/C22H27NO4/c1-14-10-11-15(2)17(13-14)20(23-12-6-8-18(23)22(24)25)16-7-5-9-19(26-3)21(16)27-4/h5,7,9-11,13,18,20H,6,8,12H2,1-4H3,(H,24,25). The summed E-state index contributed by atoms with van der Waals surface area (Å²) in [6.07, 6.45) is 1.52. The molecule has 2 aromatic carbocycles. The predicted octanol–water partition coefficient (Wildman–Crippen LogP) is 3.96. The van der Waals surface area contributed by atoms with Gasteiger partial charge in [-0.05, 0) is 43.9 Å². The second-order valence-corrected chi connectivity index (χ2v) is 7.08. The van der Waals surface area contributed by atoms with E-state index >= 15 is 0 Å². The molecule has 1 N–H and O–H groups in total. The van der Waals surface area contributed by atoms with Crippen LogP contribution in [0, 0.1) is 13.8 Å². The van der Waals surface area contributed by atoms with Crippen LogP contribution >= 0.6 is 0 Å². The summed E-state index contributed by atoms with van der Waals surface area (Å²) in [6, 6.07) is 11.4. The lowest BCUT2D eigenvalue weighted by molar-refractivity contribution is -0.142. The van der Waals surface area contributed by atoms with Crippen LogP contribution in [0.2, 0.25) is 0 Å². The molecular formula is C22H27NO4. The zero-order valence-corrected chi connectivity index (χ0v) is 16.4. The number of aryl methyl sites for hydroxylation is 2. The molecule has 0 spiro atoms. The first-order chi connectivity index (χ1) is 13.0. The SMILES string of the molecule is COc1cccc(C(c2cc(C)ccc2C)N2CCCC2C(=O)O)c1OC. The van der Waals surface area contributed by atoms with Crippen LogP contribution in [-0.2, 0) is 4.79 Å². The van der Waals surface area contributed by atoms with Gasteiger partial charge in [-0.3, -0.25) is 9.69 Å². The molecule has 3 rings (SSSR count). The van der Waals surface area contributed by atoms with Crippen molar-refractivity contribution < 1.29 is 19.4 Å². The Hall–Kier alpha value is -2.53. The molecule has 5 nitrogen and oxygen atoms in total. The average Bonchev–Trinajstić information content (AvgIpc) is 3.14. The zero-order valence-electron chi connectivity index (χ0n) is 16.4. The Balaban J connectivity index is 2.23. The molecule has 0 amide bonds. The largest absolute Gasteiger partial charge is 0.493 e. The van der Waals surface area contributed by atoms with Crippen molar-refractivity contribution in [3.05, 3.63) is 58.7 Å². The van der Waals surface area contributed by atoms with Gasteiger partial charge in [-0.25, -0.2) is 0 Å². The van der Waals surface area contributed by atoms with Crippen molar-refractivity contribution in [1.29, 1.82) is 0 Å². The van der Waals surface area contributed by atoms with Crippen LogP contribution in [0.15, 0.2) is 36.4 Å². The molecule has 0 radical (unpaired) electrons. The molecule has 1 saturated heterocycles. The van der Waals surface area contributed by atoms with Gasteiger partial charge in [0, 0.05) is 12.1 Å². The predicted molar refractivity (Wildman–Crippen MR) is 105 cm³/mol. The number of carbonyl (C=O) groups is 1. The highest BCUT2D eigenvalue weighted by atomic mass is 16.5. The summed E-state index contributed by atoms with van der Waals surface area (Å²) in [5.74, 6) is 0.531. The number of benzene rings is 2. The van der Waals surface area contributed by atoms with E-state index in [1.165, 1.54) is 0 Å². The van der Waals surface area contributed by atoms with Crippen molar-refractivity contribution in [3.8, 4) is 11.5 Å². The van der Waals surface area contributed by atoms with Crippen molar-refractivity contribution in [1.82, 2.24) is 4.90 Å². The van der Waals surface area contributed by atoms with Gasteiger partial charge in [-0.2, -0.15) is 0 Å². The Morgan fingerprint density at radius 2 is 1.93 bits per heavy atom. The maximum atomic E-state index is 11.9. The van der Waals surface area contributed by atoms with Gasteiger partial charge < -0.3 is 14.6 Å². The van der Waals surface area contributed by atoms with Crippen molar-refractivity contribution in [2.45, 2.75) is 38.8 Å². The van der Waals surface area contributed by atoms with Crippen LogP contribution in [0.4, 0.5) is 0 Å². The molecule has 5 heteroatoms. The lowest BCUT2D eigenvalue weighted by Crippen LogP contribution is -2.39. The normalized spacial score (nSPS) is 18.3. The van der Waals surface area contributed by atoms with Gasteiger partial charge in [0.25, 0.3) is 0 Å². The van der Waals surface area contributed by atoms with Crippen LogP contribution in [0.25, 0.3) is 0 Å². The van der Waals surface area contributed by atoms with E-state index in [1.807, 2.05) is 18.2 Å². The number of nitrogens with zero attached hydrogens (tertiary/aromatic N) is 1. The average molecular weight is 369 g/mol. The van der Waals surface area contributed by atoms with Gasteiger partial charge in [0.2, 0.25) is 0 Å². The van der Waals surface area contributed by atoms with Crippen molar-refractivity contribution in [3.63, 3.8) is 0 Å². The molecule has 1 aliphatic rings. The van der Waals surface area contributed by atoms with E-state index in [1.54, 1.807) is 14.2 Å². The number of carboxylic acids is 1. The van der Waals surface area contributed by atoms with Crippen LogP contribution in [0.3, 0.4) is 0 Å². The lowest BCUT2D eigenvalue weighted by Gasteiger charge is -2.34. The van der Waals surface area contributed by atoms with Crippen LogP contribution in [-0.4, -0.2) is 42.8 Å². The molecule has 2 aromatic rings. The summed E-state index contributed by atoms with van der Waals surface area (Å²) in [7, 11) is 3.24. The van der Waals surface area contributed by atoms with Gasteiger partial charge in [-0.1, -0.05) is 35.9 Å². The molecule has 1 aliphatic heterocycles. The maximum absolute atomic E-state index is 11.9. The van der Waals surface area contributed by atoms with E-state index in [2.05, 4.69) is 36.9 Å². The highest BCUT2D eigenvalue weighted by Gasteiger charge is 2.38. The third-order valence-electron chi connectivity index (χ3n) is 5.37. The van der Waals surface area contributed by atoms with E-state index < -0.39 is 12.0 Å². The smallest absolute Gasteiger partial charge is 0.320 e. The topological polar surface area (TPSA) is 59.0 Å². The highest BCUT2D eigenvalue weighted by molar-refractivity contribution is 5.74. The molecule has 0 aromatic heterocycles. The van der Waals surface area contributed by atoms with Crippen molar-refractivity contribution in [2.24, 2.45) is 0 Å². The van der Waals surface area contributed by atoms with E-state index in [9.17, 15) is 9.90 Å². The van der Waals surface area contributed by atoms with Gasteiger partial charge in [-0.15, -0.1) is 0 Å². The molecule has 27 heavy (non-hydrogen) atoms. The molecule has 0 bridgehead atoms. The fourth-order valence-electron chi connectivity index (χ4n) is 4.07. The van der Waals surface area contributed by atoms with Gasteiger partial charge >= 0.3 is 5.97 Å². The van der Waals surface area contributed by atoms with Crippen molar-refractivity contribution in [2.75, 3.05) is 20.8 Å². The summed E-state index contributed by atoms with van der Waals surface area (Å²) in [5.41, 5.74) is 4.31. The summed E-state index contributed by atoms with van der Waals surface area (Å²) < 4.78 is 11.2. The minimum Gasteiger partial charge on any atom is -0.493 e.